The Balaban J connectivity index is 1.91. The molecule has 1 heterocycles. The third-order valence-corrected chi connectivity index (χ3v) is 4.10. The third-order valence-electron chi connectivity index (χ3n) is 4.10. The molecule has 2 fully saturated rings. The first-order valence-electron chi connectivity index (χ1n) is 6.30. The Morgan fingerprint density at radius 1 is 1.24 bits per heavy atom. The molecule has 3 atom stereocenters. The van der Waals surface area contributed by atoms with Crippen molar-refractivity contribution >= 4 is 0 Å². The molecule has 1 aliphatic carbocycles. The first-order valence-corrected chi connectivity index (χ1v) is 6.30. The molecule has 1 saturated carbocycles. The Morgan fingerprint density at radius 3 is 2.12 bits per heavy atom. The van der Waals surface area contributed by atoms with E-state index in [9.17, 15) is 5.11 Å². The Bertz CT molecular complexity index is 248. The van der Waals surface area contributed by atoms with Crippen LogP contribution in [0.4, 0.5) is 0 Å². The van der Waals surface area contributed by atoms with Crippen molar-refractivity contribution in [3.8, 4) is 0 Å². The van der Waals surface area contributed by atoms with E-state index in [0.29, 0.717) is 5.92 Å². The summed E-state index contributed by atoms with van der Waals surface area (Å²) in [6, 6.07) is 0. The minimum atomic E-state index is -0.444. The molecule has 0 bridgehead atoms. The van der Waals surface area contributed by atoms with Gasteiger partial charge in [-0.05, 0) is 18.8 Å². The van der Waals surface area contributed by atoms with Gasteiger partial charge in [0.15, 0.2) is 0 Å². The van der Waals surface area contributed by atoms with E-state index in [0.717, 1.165) is 32.5 Å². The second kappa shape index (κ2) is 5.20. The van der Waals surface area contributed by atoms with Gasteiger partial charge < -0.3 is 20.3 Å². The van der Waals surface area contributed by atoms with Crippen LogP contribution in [-0.2, 0) is 9.47 Å². The summed E-state index contributed by atoms with van der Waals surface area (Å²) in [7, 11) is 3.42. The summed E-state index contributed by atoms with van der Waals surface area (Å²) in [5.41, 5.74) is 5.84. The van der Waals surface area contributed by atoms with E-state index in [1.165, 1.54) is 0 Å². The van der Waals surface area contributed by atoms with Crippen LogP contribution in [0.3, 0.4) is 0 Å². The molecule has 2 aliphatic rings. The highest BCUT2D eigenvalue weighted by Gasteiger charge is 2.45. The van der Waals surface area contributed by atoms with E-state index in [-0.39, 0.29) is 18.8 Å². The number of nitrogens with two attached hydrogens (primary N) is 1. The monoisotopic (exact) mass is 244 g/mol. The van der Waals surface area contributed by atoms with Crippen LogP contribution in [0.1, 0.15) is 12.8 Å². The summed E-state index contributed by atoms with van der Waals surface area (Å²) < 4.78 is 10.8. The summed E-state index contributed by atoms with van der Waals surface area (Å²) >= 11 is 0. The van der Waals surface area contributed by atoms with Crippen LogP contribution < -0.4 is 5.73 Å². The SMILES string of the molecule is COC1CN(CC(N)(CO)C2CC2)CC1OC. The molecular weight excluding hydrogens is 220 g/mol. The van der Waals surface area contributed by atoms with E-state index in [1.54, 1.807) is 14.2 Å². The van der Waals surface area contributed by atoms with Crippen LogP contribution >= 0.6 is 0 Å². The Kier molecular flexibility index (Phi) is 4.05. The quantitative estimate of drug-likeness (QED) is 0.655. The highest BCUT2D eigenvalue weighted by atomic mass is 16.5. The van der Waals surface area contributed by atoms with Crippen molar-refractivity contribution in [3.63, 3.8) is 0 Å². The molecule has 5 nitrogen and oxygen atoms in total. The molecule has 0 aromatic carbocycles. The van der Waals surface area contributed by atoms with Crippen molar-refractivity contribution in [2.75, 3.05) is 40.5 Å². The summed E-state index contributed by atoms with van der Waals surface area (Å²) in [5.74, 6) is 0.482. The zero-order valence-corrected chi connectivity index (χ0v) is 10.8. The number of nitrogens with zero attached hydrogens (tertiary/aromatic N) is 1. The highest BCUT2D eigenvalue weighted by molar-refractivity contribution is 5.02. The van der Waals surface area contributed by atoms with Crippen LogP contribution in [0, 0.1) is 5.92 Å². The molecule has 0 aromatic heterocycles. The zero-order valence-electron chi connectivity index (χ0n) is 10.8. The molecule has 3 unspecified atom stereocenters. The average Bonchev–Trinajstić information content (AvgIpc) is 3.12. The second-order valence-electron chi connectivity index (χ2n) is 5.41. The first-order chi connectivity index (χ1) is 8.12. The van der Waals surface area contributed by atoms with E-state index in [4.69, 9.17) is 15.2 Å². The molecule has 0 amide bonds. The van der Waals surface area contributed by atoms with Crippen LogP contribution in [0.2, 0.25) is 0 Å². The number of aliphatic hydroxyl groups is 1. The van der Waals surface area contributed by atoms with Crippen LogP contribution in [-0.4, -0.2) is 68.2 Å². The van der Waals surface area contributed by atoms with Gasteiger partial charge in [-0.1, -0.05) is 0 Å². The fourth-order valence-corrected chi connectivity index (χ4v) is 2.78. The van der Waals surface area contributed by atoms with Gasteiger partial charge in [0.05, 0.1) is 24.4 Å². The van der Waals surface area contributed by atoms with Crippen LogP contribution in [0.15, 0.2) is 0 Å². The molecule has 100 valence electrons. The topological polar surface area (TPSA) is 68.0 Å². The van der Waals surface area contributed by atoms with Crippen molar-refractivity contribution in [1.29, 1.82) is 0 Å². The molecule has 5 heteroatoms. The minimum Gasteiger partial charge on any atom is -0.394 e. The van der Waals surface area contributed by atoms with E-state index >= 15 is 0 Å². The Morgan fingerprint density at radius 2 is 1.76 bits per heavy atom. The predicted molar refractivity (Wildman–Crippen MR) is 64.8 cm³/mol. The maximum atomic E-state index is 9.49. The lowest BCUT2D eigenvalue weighted by atomic mass is 9.95. The molecule has 2 rings (SSSR count). The van der Waals surface area contributed by atoms with Crippen LogP contribution in [0.25, 0.3) is 0 Å². The summed E-state index contributed by atoms with van der Waals surface area (Å²) in [4.78, 5) is 2.25. The number of ether oxygens (including phenoxy) is 2. The van der Waals surface area contributed by atoms with Crippen molar-refractivity contribution in [3.05, 3.63) is 0 Å². The third kappa shape index (κ3) is 2.80. The zero-order chi connectivity index (χ0) is 12.5. The predicted octanol–water partition coefficient (Wildman–Crippen LogP) is -0.568. The number of likely N-dealkylation sites (tertiary alicyclic amines) is 1. The number of methoxy groups -OCH3 is 2. The molecule has 0 spiro atoms. The van der Waals surface area contributed by atoms with Gasteiger partial charge in [-0.2, -0.15) is 0 Å². The van der Waals surface area contributed by atoms with Crippen molar-refractivity contribution in [2.45, 2.75) is 30.6 Å². The fourth-order valence-electron chi connectivity index (χ4n) is 2.78. The van der Waals surface area contributed by atoms with Gasteiger partial charge in [-0.3, -0.25) is 4.90 Å². The van der Waals surface area contributed by atoms with Crippen molar-refractivity contribution in [1.82, 2.24) is 4.90 Å². The highest BCUT2D eigenvalue weighted by Crippen LogP contribution is 2.39. The van der Waals surface area contributed by atoms with Gasteiger partial charge >= 0.3 is 0 Å². The lowest BCUT2D eigenvalue weighted by Gasteiger charge is -2.32. The maximum absolute atomic E-state index is 9.49. The largest absolute Gasteiger partial charge is 0.394 e. The van der Waals surface area contributed by atoms with E-state index < -0.39 is 5.54 Å². The molecular formula is C12H24N2O3. The Labute approximate surface area is 103 Å². The standard InChI is InChI=1S/C12H24N2O3/c1-16-10-5-14(6-11(10)17-2)7-12(13,8-15)9-3-4-9/h9-11,15H,3-8,13H2,1-2H3. The van der Waals surface area contributed by atoms with Crippen molar-refractivity contribution < 1.29 is 14.6 Å². The van der Waals surface area contributed by atoms with E-state index in [1.807, 2.05) is 0 Å². The molecule has 17 heavy (non-hydrogen) atoms. The molecule has 0 aromatic rings. The van der Waals surface area contributed by atoms with Gasteiger partial charge in [0.1, 0.15) is 0 Å². The maximum Gasteiger partial charge on any atom is 0.0971 e. The Hall–Kier alpha value is -0.200. The number of rotatable bonds is 6. The van der Waals surface area contributed by atoms with Crippen LogP contribution in [0.5, 0.6) is 0 Å². The van der Waals surface area contributed by atoms with Gasteiger partial charge in [0.25, 0.3) is 0 Å². The first kappa shape index (κ1) is 13.2. The minimum absolute atomic E-state index is 0.0590. The second-order valence-corrected chi connectivity index (χ2v) is 5.41. The molecule has 3 N–H and O–H groups in total. The van der Waals surface area contributed by atoms with Gasteiger partial charge in [0.2, 0.25) is 0 Å². The number of hydrogen-bond donors (Lipinski definition) is 2. The lowest BCUT2D eigenvalue weighted by Crippen LogP contribution is -2.54. The molecule has 1 aliphatic heterocycles. The lowest BCUT2D eigenvalue weighted by molar-refractivity contribution is -0.00461. The average molecular weight is 244 g/mol. The van der Waals surface area contributed by atoms with Gasteiger partial charge in [-0.15, -0.1) is 0 Å². The molecule has 1 saturated heterocycles. The molecule has 0 radical (unpaired) electrons. The summed E-state index contributed by atoms with van der Waals surface area (Å²) in [5, 5.41) is 9.49. The van der Waals surface area contributed by atoms with Gasteiger partial charge in [0, 0.05) is 33.9 Å². The summed E-state index contributed by atoms with van der Waals surface area (Å²) in [6.45, 7) is 2.46. The smallest absolute Gasteiger partial charge is 0.0971 e. The van der Waals surface area contributed by atoms with Gasteiger partial charge in [-0.25, -0.2) is 0 Å². The summed E-state index contributed by atoms with van der Waals surface area (Å²) in [6.07, 6.45) is 2.52. The van der Waals surface area contributed by atoms with Crippen molar-refractivity contribution in [2.24, 2.45) is 11.7 Å². The fraction of sp³-hybridized carbons (Fsp3) is 1.00. The number of hydrogen-bond acceptors (Lipinski definition) is 5. The normalized spacial score (nSPS) is 33.9. The van der Waals surface area contributed by atoms with E-state index in [2.05, 4.69) is 4.90 Å². The number of aliphatic hydroxyl groups excluding tert-OH is 1.